The average molecular weight is 219 g/mol. The second-order valence-corrected chi connectivity index (χ2v) is 3.05. The van der Waals surface area contributed by atoms with Crippen molar-refractivity contribution in [1.82, 2.24) is 15.0 Å². The van der Waals surface area contributed by atoms with Crippen LogP contribution in [-0.2, 0) is 0 Å². The van der Waals surface area contributed by atoms with Crippen molar-refractivity contribution in [3.63, 3.8) is 0 Å². The molecule has 16 heavy (non-hydrogen) atoms. The van der Waals surface area contributed by atoms with Gasteiger partial charge in [0.15, 0.2) is 5.65 Å². The van der Waals surface area contributed by atoms with Crippen LogP contribution in [0.2, 0.25) is 0 Å². The highest BCUT2D eigenvalue weighted by molar-refractivity contribution is 5.80. The van der Waals surface area contributed by atoms with Crippen LogP contribution >= 0.6 is 0 Å². The van der Waals surface area contributed by atoms with E-state index in [-0.39, 0.29) is 0 Å². The molecule has 0 aliphatic heterocycles. The van der Waals surface area contributed by atoms with Gasteiger partial charge in [-0.05, 0) is 26.0 Å². The van der Waals surface area contributed by atoms with Gasteiger partial charge in [-0.1, -0.05) is 0 Å². The first-order valence-electron chi connectivity index (χ1n) is 5.23. The zero-order chi connectivity index (χ0) is 11.4. The molecular weight excluding hydrogens is 206 g/mol. The van der Waals surface area contributed by atoms with E-state index in [2.05, 4.69) is 15.0 Å². The molecule has 5 heteroatoms. The summed E-state index contributed by atoms with van der Waals surface area (Å²) in [5, 5.41) is 0.799. The van der Waals surface area contributed by atoms with Gasteiger partial charge in [-0.25, -0.2) is 4.98 Å². The molecule has 0 spiro atoms. The number of hydrogen-bond acceptors (Lipinski definition) is 5. The van der Waals surface area contributed by atoms with Crippen molar-refractivity contribution < 1.29 is 9.47 Å². The van der Waals surface area contributed by atoms with Crippen molar-refractivity contribution in [1.29, 1.82) is 0 Å². The minimum absolute atomic E-state index is 0.303. The molecule has 2 heterocycles. The molecule has 0 amide bonds. The maximum atomic E-state index is 5.44. The maximum Gasteiger partial charge on any atom is 0.321 e. The minimum atomic E-state index is 0.303. The Bertz CT molecular complexity index is 488. The Hall–Kier alpha value is -1.91. The van der Waals surface area contributed by atoms with Crippen LogP contribution in [0.4, 0.5) is 0 Å². The van der Waals surface area contributed by atoms with Gasteiger partial charge in [0.2, 0.25) is 5.88 Å². The van der Waals surface area contributed by atoms with Crippen LogP contribution in [0.3, 0.4) is 0 Å². The van der Waals surface area contributed by atoms with Crippen LogP contribution in [0.15, 0.2) is 18.3 Å². The average Bonchev–Trinajstić information content (AvgIpc) is 2.30. The van der Waals surface area contributed by atoms with Crippen LogP contribution in [-0.4, -0.2) is 28.2 Å². The lowest BCUT2D eigenvalue weighted by atomic mass is 10.3. The summed E-state index contributed by atoms with van der Waals surface area (Å²) >= 11 is 0. The number of aromatic nitrogens is 3. The summed E-state index contributed by atoms with van der Waals surface area (Å²) < 4.78 is 10.7. The molecule has 0 aliphatic carbocycles. The van der Waals surface area contributed by atoms with E-state index in [0.717, 1.165) is 5.39 Å². The zero-order valence-corrected chi connectivity index (χ0v) is 9.30. The van der Waals surface area contributed by atoms with E-state index in [9.17, 15) is 0 Å². The highest BCUT2D eigenvalue weighted by Crippen LogP contribution is 2.22. The highest BCUT2D eigenvalue weighted by atomic mass is 16.5. The molecule has 0 unspecified atom stereocenters. The summed E-state index contributed by atoms with van der Waals surface area (Å²) in [5.74, 6) is 0.518. The highest BCUT2D eigenvalue weighted by Gasteiger charge is 2.09. The molecule has 84 valence electrons. The molecule has 0 N–H and O–H groups in total. The summed E-state index contributed by atoms with van der Waals surface area (Å²) in [4.78, 5) is 12.5. The molecule has 0 fully saturated rings. The van der Waals surface area contributed by atoms with E-state index < -0.39 is 0 Å². The van der Waals surface area contributed by atoms with Crippen molar-refractivity contribution in [2.45, 2.75) is 13.8 Å². The van der Waals surface area contributed by atoms with Crippen LogP contribution in [0, 0.1) is 0 Å². The number of ether oxygens (including phenoxy) is 2. The Morgan fingerprint density at radius 2 is 1.94 bits per heavy atom. The lowest BCUT2D eigenvalue weighted by Gasteiger charge is -2.07. The predicted molar refractivity (Wildman–Crippen MR) is 59.7 cm³/mol. The Kier molecular flexibility index (Phi) is 3.14. The van der Waals surface area contributed by atoms with Gasteiger partial charge >= 0.3 is 6.01 Å². The molecular formula is C11H13N3O2. The van der Waals surface area contributed by atoms with E-state index in [0.29, 0.717) is 30.8 Å². The maximum absolute atomic E-state index is 5.44. The molecule has 0 aromatic carbocycles. The van der Waals surface area contributed by atoms with E-state index in [4.69, 9.17) is 9.47 Å². The van der Waals surface area contributed by atoms with E-state index >= 15 is 0 Å². The fraction of sp³-hybridized carbons (Fsp3) is 0.364. The predicted octanol–water partition coefficient (Wildman–Crippen LogP) is 1.82. The molecule has 0 aliphatic rings. The third kappa shape index (κ3) is 2.03. The van der Waals surface area contributed by atoms with Crippen LogP contribution < -0.4 is 9.47 Å². The third-order valence-electron chi connectivity index (χ3n) is 1.97. The van der Waals surface area contributed by atoms with Crippen molar-refractivity contribution >= 4 is 11.0 Å². The number of nitrogens with zero attached hydrogens (tertiary/aromatic N) is 3. The number of fused-ring (bicyclic) bond motifs is 1. The first kappa shape index (κ1) is 10.6. The molecule has 0 bridgehead atoms. The van der Waals surface area contributed by atoms with Crippen molar-refractivity contribution in [2.75, 3.05) is 13.2 Å². The van der Waals surface area contributed by atoms with Crippen LogP contribution in [0.25, 0.3) is 11.0 Å². The fourth-order valence-electron chi connectivity index (χ4n) is 1.36. The summed E-state index contributed by atoms with van der Waals surface area (Å²) in [7, 11) is 0. The molecule has 0 radical (unpaired) electrons. The van der Waals surface area contributed by atoms with Gasteiger partial charge in [0.1, 0.15) is 0 Å². The Balaban J connectivity index is 2.54. The van der Waals surface area contributed by atoms with E-state index in [1.165, 1.54) is 0 Å². The molecule has 0 saturated carbocycles. The SMILES string of the molecule is CCOc1nc(OCC)c2cccnc2n1. The minimum Gasteiger partial charge on any atom is -0.477 e. The van der Waals surface area contributed by atoms with Crippen molar-refractivity contribution in [3.05, 3.63) is 18.3 Å². The first-order valence-corrected chi connectivity index (χ1v) is 5.23. The largest absolute Gasteiger partial charge is 0.477 e. The molecule has 5 nitrogen and oxygen atoms in total. The second kappa shape index (κ2) is 4.74. The van der Waals surface area contributed by atoms with Gasteiger partial charge in [-0.15, -0.1) is 0 Å². The summed E-state index contributed by atoms with van der Waals surface area (Å²) in [6.07, 6.45) is 1.68. The topological polar surface area (TPSA) is 57.1 Å². The summed E-state index contributed by atoms with van der Waals surface area (Å²) in [6.45, 7) is 4.85. The second-order valence-electron chi connectivity index (χ2n) is 3.05. The Labute approximate surface area is 93.5 Å². The summed E-state index contributed by atoms with van der Waals surface area (Å²) in [6, 6.07) is 4.01. The molecule has 0 atom stereocenters. The fourth-order valence-corrected chi connectivity index (χ4v) is 1.36. The Morgan fingerprint density at radius 1 is 1.12 bits per heavy atom. The Morgan fingerprint density at radius 3 is 2.69 bits per heavy atom. The molecule has 2 aromatic rings. The number of pyridine rings is 1. The molecule has 2 rings (SSSR count). The lowest BCUT2D eigenvalue weighted by Crippen LogP contribution is -2.02. The monoisotopic (exact) mass is 219 g/mol. The van der Waals surface area contributed by atoms with Gasteiger partial charge in [0.25, 0.3) is 0 Å². The quantitative estimate of drug-likeness (QED) is 0.785. The third-order valence-corrected chi connectivity index (χ3v) is 1.97. The molecule has 2 aromatic heterocycles. The van der Waals surface area contributed by atoms with Gasteiger partial charge in [-0.3, -0.25) is 0 Å². The number of rotatable bonds is 4. The summed E-state index contributed by atoms with van der Waals surface area (Å²) in [5.41, 5.74) is 0.587. The van der Waals surface area contributed by atoms with E-state index in [1.807, 2.05) is 26.0 Å². The first-order chi connectivity index (χ1) is 7.85. The normalized spacial score (nSPS) is 10.4. The van der Waals surface area contributed by atoms with Gasteiger partial charge in [-0.2, -0.15) is 9.97 Å². The van der Waals surface area contributed by atoms with Crippen molar-refractivity contribution in [2.24, 2.45) is 0 Å². The van der Waals surface area contributed by atoms with Crippen LogP contribution in [0.5, 0.6) is 11.9 Å². The zero-order valence-electron chi connectivity index (χ0n) is 9.30. The van der Waals surface area contributed by atoms with Gasteiger partial charge in [0.05, 0.1) is 18.6 Å². The number of hydrogen-bond donors (Lipinski definition) is 0. The standard InChI is InChI=1S/C11H13N3O2/c1-3-15-10-8-6-5-7-12-9(8)13-11(14-10)16-4-2/h5-7H,3-4H2,1-2H3. The van der Waals surface area contributed by atoms with Gasteiger partial charge in [0, 0.05) is 6.20 Å². The molecule has 0 saturated heterocycles. The van der Waals surface area contributed by atoms with Gasteiger partial charge < -0.3 is 9.47 Å². The lowest BCUT2D eigenvalue weighted by molar-refractivity contribution is 0.292. The smallest absolute Gasteiger partial charge is 0.321 e. The van der Waals surface area contributed by atoms with E-state index in [1.54, 1.807) is 6.20 Å². The van der Waals surface area contributed by atoms with Crippen molar-refractivity contribution in [3.8, 4) is 11.9 Å². The van der Waals surface area contributed by atoms with Crippen LogP contribution in [0.1, 0.15) is 13.8 Å².